The standard InChI is InChI=1S/C21H24FNO7S/c1-5-23(6-2)31(26,27)20-12-15(7-9-16(20)22)21(25)30-13-17(24)14-8-10-18(28-3)19(11-14)29-4/h7-12H,5-6,13H2,1-4H3. The van der Waals surface area contributed by atoms with Gasteiger partial charge in [-0.05, 0) is 36.4 Å². The SMILES string of the molecule is CCN(CC)S(=O)(=O)c1cc(C(=O)OCC(=O)c2ccc(OC)c(OC)c2)ccc1F. The van der Waals surface area contributed by atoms with Crippen molar-refractivity contribution in [1.29, 1.82) is 0 Å². The van der Waals surface area contributed by atoms with E-state index in [4.69, 9.17) is 14.2 Å². The van der Waals surface area contributed by atoms with Crippen molar-refractivity contribution < 1.29 is 36.6 Å². The van der Waals surface area contributed by atoms with Crippen LogP contribution in [-0.2, 0) is 14.8 Å². The van der Waals surface area contributed by atoms with Crippen LogP contribution in [0.2, 0.25) is 0 Å². The van der Waals surface area contributed by atoms with Crippen molar-refractivity contribution in [3.63, 3.8) is 0 Å². The molecule has 0 saturated carbocycles. The lowest BCUT2D eigenvalue weighted by Gasteiger charge is -2.19. The molecule has 168 valence electrons. The number of carbonyl (C=O) groups is 2. The molecule has 0 amide bonds. The number of nitrogens with zero attached hydrogens (tertiary/aromatic N) is 1. The van der Waals surface area contributed by atoms with E-state index in [2.05, 4.69) is 0 Å². The number of ketones is 1. The van der Waals surface area contributed by atoms with Gasteiger partial charge in [0.05, 0.1) is 19.8 Å². The van der Waals surface area contributed by atoms with Gasteiger partial charge in [-0.25, -0.2) is 17.6 Å². The summed E-state index contributed by atoms with van der Waals surface area (Å²) in [4.78, 5) is 24.1. The van der Waals surface area contributed by atoms with E-state index in [1.807, 2.05) is 0 Å². The number of halogens is 1. The van der Waals surface area contributed by atoms with Gasteiger partial charge < -0.3 is 14.2 Å². The summed E-state index contributed by atoms with van der Waals surface area (Å²) in [5, 5.41) is 0. The Balaban J connectivity index is 2.19. The number of hydrogen-bond acceptors (Lipinski definition) is 7. The first kappa shape index (κ1) is 24.3. The maximum atomic E-state index is 14.2. The van der Waals surface area contributed by atoms with Crippen LogP contribution in [0.3, 0.4) is 0 Å². The molecule has 2 aromatic carbocycles. The molecule has 0 N–H and O–H groups in total. The van der Waals surface area contributed by atoms with E-state index >= 15 is 0 Å². The maximum Gasteiger partial charge on any atom is 0.338 e. The van der Waals surface area contributed by atoms with E-state index in [9.17, 15) is 22.4 Å². The second kappa shape index (κ2) is 10.4. The summed E-state index contributed by atoms with van der Waals surface area (Å²) in [6.07, 6.45) is 0. The lowest BCUT2D eigenvalue weighted by molar-refractivity contribution is 0.0474. The smallest absolute Gasteiger partial charge is 0.338 e. The van der Waals surface area contributed by atoms with Crippen LogP contribution in [0.4, 0.5) is 4.39 Å². The Hall–Kier alpha value is -2.98. The molecule has 10 heteroatoms. The summed E-state index contributed by atoms with van der Waals surface area (Å²) < 4.78 is 55.7. The first-order valence-electron chi connectivity index (χ1n) is 9.41. The highest BCUT2D eigenvalue weighted by Crippen LogP contribution is 2.28. The molecule has 31 heavy (non-hydrogen) atoms. The molecule has 2 rings (SSSR count). The molecule has 2 aromatic rings. The average Bonchev–Trinajstić information content (AvgIpc) is 2.77. The van der Waals surface area contributed by atoms with E-state index in [-0.39, 0.29) is 24.2 Å². The molecule has 0 bridgehead atoms. The molecule has 0 aliphatic heterocycles. The fourth-order valence-electron chi connectivity index (χ4n) is 2.84. The van der Waals surface area contributed by atoms with Gasteiger partial charge in [0.1, 0.15) is 10.7 Å². The zero-order valence-electron chi connectivity index (χ0n) is 17.7. The van der Waals surface area contributed by atoms with E-state index in [0.717, 1.165) is 22.5 Å². The highest BCUT2D eigenvalue weighted by molar-refractivity contribution is 7.89. The topological polar surface area (TPSA) is 99.2 Å². The van der Waals surface area contributed by atoms with Gasteiger partial charge in [0.15, 0.2) is 23.9 Å². The minimum atomic E-state index is -4.12. The second-order valence-electron chi connectivity index (χ2n) is 6.30. The predicted octanol–water partition coefficient (Wildman–Crippen LogP) is 2.91. The van der Waals surface area contributed by atoms with Crippen LogP contribution in [0.5, 0.6) is 11.5 Å². The third-order valence-corrected chi connectivity index (χ3v) is 6.59. The number of esters is 1. The summed E-state index contributed by atoms with van der Waals surface area (Å²) in [5.74, 6) is -1.67. The van der Waals surface area contributed by atoms with E-state index in [0.29, 0.717) is 11.5 Å². The quantitative estimate of drug-likeness (QED) is 0.403. The Labute approximate surface area is 180 Å². The van der Waals surface area contributed by atoms with Crippen LogP contribution in [0.25, 0.3) is 0 Å². The third kappa shape index (κ3) is 5.39. The van der Waals surface area contributed by atoms with E-state index in [1.165, 1.54) is 32.4 Å². The molecule has 0 aliphatic carbocycles. The molecule has 0 saturated heterocycles. The number of sulfonamides is 1. The molecule has 0 unspecified atom stereocenters. The van der Waals surface area contributed by atoms with Gasteiger partial charge in [0.25, 0.3) is 0 Å². The zero-order valence-corrected chi connectivity index (χ0v) is 18.5. The number of methoxy groups -OCH3 is 2. The lowest BCUT2D eigenvalue weighted by Crippen LogP contribution is -2.31. The monoisotopic (exact) mass is 453 g/mol. The number of ether oxygens (including phenoxy) is 3. The Kier molecular flexibility index (Phi) is 8.12. The largest absolute Gasteiger partial charge is 0.493 e. The molecular formula is C21H24FNO7S. The van der Waals surface area contributed by atoms with Gasteiger partial charge in [0, 0.05) is 18.7 Å². The Morgan fingerprint density at radius 2 is 1.55 bits per heavy atom. The van der Waals surface area contributed by atoms with Gasteiger partial charge in [-0.3, -0.25) is 4.79 Å². The Bertz CT molecular complexity index is 1070. The van der Waals surface area contributed by atoms with Gasteiger partial charge in [0.2, 0.25) is 10.0 Å². The van der Waals surface area contributed by atoms with Gasteiger partial charge >= 0.3 is 5.97 Å². The highest BCUT2D eigenvalue weighted by Gasteiger charge is 2.27. The normalized spacial score (nSPS) is 11.3. The molecule has 0 aromatic heterocycles. The fraction of sp³-hybridized carbons (Fsp3) is 0.333. The predicted molar refractivity (Wildman–Crippen MR) is 111 cm³/mol. The molecule has 8 nitrogen and oxygen atoms in total. The number of hydrogen-bond donors (Lipinski definition) is 0. The molecule has 0 radical (unpaired) electrons. The average molecular weight is 453 g/mol. The van der Waals surface area contributed by atoms with Gasteiger partial charge in [-0.15, -0.1) is 0 Å². The molecule has 0 heterocycles. The van der Waals surface area contributed by atoms with Crippen molar-refractivity contribution in [2.45, 2.75) is 18.7 Å². The summed E-state index contributed by atoms with van der Waals surface area (Å²) in [5.41, 5.74) is 0.0431. The first-order valence-corrected chi connectivity index (χ1v) is 10.9. The van der Waals surface area contributed by atoms with Crippen LogP contribution >= 0.6 is 0 Å². The maximum absolute atomic E-state index is 14.2. The number of rotatable bonds is 10. The highest BCUT2D eigenvalue weighted by atomic mass is 32.2. The molecule has 0 spiro atoms. The summed E-state index contributed by atoms with van der Waals surface area (Å²) in [7, 11) is -1.24. The molecule has 0 aliphatic rings. The fourth-order valence-corrected chi connectivity index (χ4v) is 4.39. The molecular weight excluding hydrogens is 429 g/mol. The molecule has 0 fully saturated rings. The van der Waals surface area contributed by atoms with E-state index < -0.39 is 39.1 Å². The van der Waals surface area contributed by atoms with Crippen molar-refractivity contribution in [3.05, 3.63) is 53.3 Å². The third-order valence-electron chi connectivity index (χ3n) is 4.53. The van der Waals surface area contributed by atoms with Gasteiger partial charge in [-0.2, -0.15) is 4.31 Å². The van der Waals surface area contributed by atoms with Crippen molar-refractivity contribution in [2.75, 3.05) is 33.9 Å². The zero-order chi connectivity index (χ0) is 23.2. The minimum Gasteiger partial charge on any atom is -0.493 e. The van der Waals surface area contributed by atoms with E-state index in [1.54, 1.807) is 13.8 Å². The lowest BCUT2D eigenvalue weighted by atomic mass is 10.1. The van der Waals surface area contributed by atoms with Crippen molar-refractivity contribution in [2.24, 2.45) is 0 Å². The van der Waals surface area contributed by atoms with Gasteiger partial charge in [-0.1, -0.05) is 13.8 Å². The van der Waals surface area contributed by atoms with Crippen LogP contribution in [0.15, 0.2) is 41.3 Å². The van der Waals surface area contributed by atoms with Crippen LogP contribution in [0, 0.1) is 5.82 Å². The summed E-state index contributed by atoms with van der Waals surface area (Å²) >= 11 is 0. The first-order chi connectivity index (χ1) is 14.7. The Morgan fingerprint density at radius 3 is 2.13 bits per heavy atom. The molecule has 0 atom stereocenters. The second-order valence-corrected chi connectivity index (χ2v) is 8.21. The summed E-state index contributed by atoms with van der Waals surface area (Å²) in [6.45, 7) is 2.94. The van der Waals surface area contributed by atoms with Crippen molar-refractivity contribution in [1.82, 2.24) is 4.31 Å². The van der Waals surface area contributed by atoms with Crippen LogP contribution in [0.1, 0.15) is 34.6 Å². The van der Waals surface area contributed by atoms with Crippen LogP contribution < -0.4 is 9.47 Å². The summed E-state index contributed by atoms with van der Waals surface area (Å²) in [6, 6.07) is 7.36. The van der Waals surface area contributed by atoms with Crippen molar-refractivity contribution in [3.8, 4) is 11.5 Å². The van der Waals surface area contributed by atoms with Crippen LogP contribution in [-0.4, -0.2) is 58.4 Å². The number of Topliss-reactive ketones (excluding diaryl/α,β-unsaturated/α-hetero) is 1. The number of carbonyl (C=O) groups excluding carboxylic acids is 2. The van der Waals surface area contributed by atoms with Crippen molar-refractivity contribution >= 4 is 21.8 Å². The Morgan fingerprint density at radius 1 is 0.935 bits per heavy atom. The minimum absolute atomic E-state index is 0.146. The number of benzene rings is 2.